The number of aromatic nitrogens is 1. The number of hydrogen-bond acceptors (Lipinski definition) is 5. The number of carbonyl (C=O) groups excluding carboxylic acids is 1. The predicted molar refractivity (Wildman–Crippen MR) is 142 cm³/mol. The average Bonchev–Trinajstić information content (AvgIpc) is 3.29. The molecule has 188 valence electrons. The van der Waals surface area contributed by atoms with E-state index in [1.54, 1.807) is 18.2 Å². The number of amides is 1. The van der Waals surface area contributed by atoms with Crippen molar-refractivity contribution in [2.75, 3.05) is 13.7 Å². The third kappa shape index (κ3) is 5.99. The van der Waals surface area contributed by atoms with Crippen molar-refractivity contribution >= 4 is 29.7 Å². The largest absolute Gasteiger partial charge is 0.493 e. The summed E-state index contributed by atoms with van der Waals surface area (Å²) in [4.78, 5) is 23.4. The van der Waals surface area contributed by atoms with Crippen molar-refractivity contribution in [1.29, 1.82) is 0 Å². The highest BCUT2D eigenvalue weighted by Gasteiger charge is 2.14. The van der Waals surface area contributed by atoms with Gasteiger partial charge in [0.1, 0.15) is 0 Å². The van der Waals surface area contributed by atoms with Crippen molar-refractivity contribution in [3.8, 4) is 28.4 Å². The van der Waals surface area contributed by atoms with E-state index >= 15 is 0 Å². The van der Waals surface area contributed by atoms with Crippen LogP contribution < -0.4 is 14.9 Å². The first-order valence-corrected chi connectivity index (χ1v) is 11.6. The van der Waals surface area contributed by atoms with Crippen molar-refractivity contribution in [3.63, 3.8) is 0 Å². The number of carboxylic acids is 1. The molecule has 0 bridgehead atoms. The zero-order chi connectivity index (χ0) is 26.4. The summed E-state index contributed by atoms with van der Waals surface area (Å²) in [5.41, 5.74) is 7.64. The summed E-state index contributed by atoms with van der Waals surface area (Å²) < 4.78 is 12.5. The summed E-state index contributed by atoms with van der Waals surface area (Å²) in [6.45, 7) is 1.48. The van der Waals surface area contributed by atoms with E-state index in [0.717, 1.165) is 22.6 Å². The van der Waals surface area contributed by atoms with Gasteiger partial charge in [-0.1, -0.05) is 41.9 Å². The molecule has 0 aliphatic heterocycles. The first kappa shape index (κ1) is 25.5. The van der Waals surface area contributed by atoms with Gasteiger partial charge in [-0.05, 0) is 66.6 Å². The molecule has 0 aliphatic carbocycles. The second kappa shape index (κ2) is 11.5. The molecule has 0 saturated carbocycles. The molecule has 0 atom stereocenters. The summed E-state index contributed by atoms with van der Waals surface area (Å²) in [6.07, 6.45) is 1.40. The number of rotatable bonds is 9. The van der Waals surface area contributed by atoms with Crippen LogP contribution in [0.4, 0.5) is 0 Å². The fourth-order valence-corrected chi connectivity index (χ4v) is 4.07. The summed E-state index contributed by atoms with van der Waals surface area (Å²) in [7, 11) is 1.41. The highest BCUT2D eigenvalue weighted by molar-refractivity contribution is 6.32. The van der Waals surface area contributed by atoms with Crippen LogP contribution in [0.15, 0.2) is 84.0 Å². The molecule has 1 aromatic heterocycles. The Hall–Kier alpha value is -4.56. The maximum Gasteiger partial charge on any atom is 0.341 e. The number of aliphatic carboxylic acids is 1. The summed E-state index contributed by atoms with van der Waals surface area (Å²) in [5.74, 6) is -1.16. The van der Waals surface area contributed by atoms with Gasteiger partial charge in [-0.3, -0.25) is 4.79 Å². The normalized spacial score (nSPS) is 10.9. The molecule has 0 spiro atoms. The Kier molecular flexibility index (Phi) is 7.90. The first-order chi connectivity index (χ1) is 17.9. The summed E-state index contributed by atoms with van der Waals surface area (Å²) >= 11 is 6.20. The molecule has 1 heterocycles. The molecule has 0 aliphatic rings. The first-order valence-electron chi connectivity index (χ1n) is 11.3. The van der Waals surface area contributed by atoms with Gasteiger partial charge in [0, 0.05) is 16.9 Å². The number of halogens is 1. The van der Waals surface area contributed by atoms with Gasteiger partial charge in [-0.2, -0.15) is 5.10 Å². The molecule has 3 aromatic carbocycles. The lowest BCUT2D eigenvalue weighted by Crippen LogP contribution is -2.17. The van der Waals surface area contributed by atoms with Crippen LogP contribution in [0.5, 0.6) is 11.5 Å². The molecule has 0 fully saturated rings. The molecular formula is C28H24ClN3O5. The predicted octanol–water partition coefficient (Wildman–Crippen LogP) is 5.34. The van der Waals surface area contributed by atoms with Crippen LogP contribution in [0.3, 0.4) is 0 Å². The Morgan fingerprint density at radius 3 is 2.46 bits per heavy atom. The second-order valence-corrected chi connectivity index (χ2v) is 8.43. The number of carbonyl (C=O) groups is 2. The Morgan fingerprint density at radius 2 is 1.78 bits per heavy atom. The number of hydrazone groups is 1. The lowest BCUT2D eigenvalue weighted by Gasteiger charge is -2.13. The molecule has 0 unspecified atom stereocenters. The Bertz CT molecular complexity index is 1450. The SMILES string of the molecule is COc1cc(/C=N/NC(=O)c2ccc(-n3c(C)ccc3-c3ccccc3)cc2)cc(Cl)c1OCC(=O)O. The van der Waals surface area contributed by atoms with Crippen molar-refractivity contribution in [2.45, 2.75) is 6.92 Å². The van der Waals surface area contributed by atoms with Crippen LogP contribution >= 0.6 is 11.6 Å². The average molecular weight is 518 g/mol. The molecule has 1 amide bonds. The molecule has 8 nitrogen and oxygen atoms in total. The smallest absolute Gasteiger partial charge is 0.341 e. The van der Waals surface area contributed by atoms with Crippen molar-refractivity contribution in [2.24, 2.45) is 5.10 Å². The minimum Gasteiger partial charge on any atom is -0.493 e. The molecule has 0 saturated heterocycles. The molecule has 0 radical (unpaired) electrons. The van der Waals surface area contributed by atoms with Gasteiger partial charge in [-0.15, -0.1) is 0 Å². The van der Waals surface area contributed by atoms with Crippen molar-refractivity contribution in [1.82, 2.24) is 9.99 Å². The number of nitrogens with one attached hydrogen (secondary N) is 1. The Labute approximate surface area is 218 Å². The van der Waals surface area contributed by atoms with Gasteiger partial charge in [0.2, 0.25) is 0 Å². The van der Waals surface area contributed by atoms with E-state index in [9.17, 15) is 9.59 Å². The summed E-state index contributed by atoms with van der Waals surface area (Å²) in [5, 5.41) is 13.0. The van der Waals surface area contributed by atoms with Gasteiger partial charge in [0.05, 0.1) is 24.0 Å². The van der Waals surface area contributed by atoms with Crippen LogP contribution in [0.2, 0.25) is 5.02 Å². The molecular weight excluding hydrogens is 494 g/mol. The number of hydrogen-bond donors (Lipinski definition) is 2. The minimum atomic E-state index is -1.14. The van der Waals surface area contributed by atoms with E-state index in [-0.39, 0.29) is 22.4 Å². The topological polar surface area (TPSA) is 102 Å². The molecule has 2 N–H and O–H groups in total. The molecule has 4 rings (SSSR count). The Balaban J connectivity index is 1.46. The number of aryl methyl sites for hydroxylation is 1. The zero-order valence-corrected chi connectivity index (χ0v) is 20.9. The standard InChI is InChI=1S/C28H24ClN3O5/c1-18-8-13-24(20-6-4-3-5-7-20)32(18)22-11-9-21(10-12-22)28(35)31-30-16-19-14-23(29)27(25(15-19)36-2)37-17-26(33)34/h3-16H,17H2,1-2H3,(H,31,35)(H,33,34)/b30-16+. The van der Waals surface area contributed by atoms with Crippen LogP contribution in [0.25, 0.3) is 16.9 Å². The monoisotopic (exact) mass is 517 g/mol. The lowest BCUT2D eigenvalue weighted by atomic mass is 10.1. The minimum absolute atomic E-state index is 0.112. The van der Waals surface area contributed by atoms with E-state index in [1.165, 1.54) is 19.4 Å². The number of nitrogens with zero attached hydrogens (tertiary/aromatic N) is 2. The van der Waals surface area contributed by atoms with Gasteiger partial charge < -0.3 is 19.1 Å². The molecule has 4 aromatic rings. The highest BCUT2D eigenvalue weighted by atomic mass is 35.5. The maximum atomic E-state index is 12.6. The van der Waals surface area contributed by atoms with Gasteiger partial charge in [0.15, 0.2) is 18.1 Å². The zero-order valence-electron chi connectivity index (χ0n) is 20.1. The van der Waals surface area contributed by atoms with E-state index in [4.69, 9.17) is 26.2 Å². The van der Waals surface area contributed by atoms with Gasteiger partial charge in [0.25, 0.3) is 5.91 Å². The Morgan fingerprint density at radius 1 is 1.05 bits per heavy atom. The fourth-order valence-electron chi connectivity index (χ4n) is 3.80. The highest BCUT2D eigenvalue weighted by Crippen LogP contribution is 2.36. The maximum absolute atomic E-state index is 12.6. The third-order valence-electron chi connectivity index (χ3n) is 5.50. The quantitative estimate of drug-likeness (QED) is 0.230. The third-order valence-corrected chi connectivity index (χ3v) is 5.79. The van der Waals surface area contributed by atoms with Crippen LogP contribution in [0.1, 0.15) is 21.6 Å². The van der Waals surface area contributed by atoms with Gasteiger partial charge >= 0.3 is 5.97 Å². The number of methoxy groups -OCH3 is 1. The van der Waals surface area contributed by atoms with Crippen molar-refractivity contribution in [3.05, 3.63) is 101 Å². The lowest BCUT2D eigenvalue weighted by molar-refractivity contribution is -0.139. The number of carboxylic acid groups (broad SMARTS) is 1. The van der Waals surface area contributed by atoms with Crippen LogP contribution in [0, 0.1) is 6.92 Å². The van der Waals surface area contributed by atoms with E-state index in [2.05, 4.69) is 39.4 Å². The van der Waals surface area contributed by atoms with Crippen LogP contribution in [-0.2, 0) is 4.79 Å². The molecule has 9 heteroatoms. The fraction of sp³-hybridized carbons (Fsp3) is 0.107. The van der Waals surface area contributed by atoms with Crippen LogP contribution in [-0.4, -0.2) is 41.5 Å². The molecule has 37 heavy (non-hydrogen) atoms. The van der Waals surface area contributed by atoms with E-state index in [1.807, 2.05) is 37.3 Å². The number of ether oxygens (including phenoxy) is 2. The van der Waals surface area contributed by atoms with E-state index in [0.29, 0.717) is 11.1 Å². The van der Waals surface area contributed by atoms with Gasteiger partial charge in [-0.25, -0.2) is 10.2 Å². The number of benzene rings is 3. The second-order valence-electron chi connectivity index (χ2n) is 8.02. The summed E-state index contributed by atoms with van der Waals surface area (Å²) in [6, 6.07) is 24.6. The van der Waals surface area contributed by atoms with Crippen molar-refractivity contribution < 1.29 is 24.2 Å². The van der Waals surface area contributed by atoms with E-state index < -0.39 is 12.6 Å².